The molecule has 25 heavy (non-hydrogen) atoms. The molecule has 1 atom stereocenters. The van der Waals surface area contributed by atoms with Crippen LogP contribution in [0.3, 0.4) is 0 Å². The molecule has 0 saturated carbocycles. The van der Waals surface area contributed by atoms with E-state index in [2.05, 4.69) is 10.6 Å². The van der Waals surface area contributed by atoms with Gasteiger partial charge in [-0.05, 0) is 31.5 Å². The lowest BCUT2D eigenvalue weighted by molar-refractivity contribution is -0.123. The van der Waals surface area contributed by atoms with Crippen molar-refractivity contribution in [3.05, 3.63) is 24.3 Å². The molecule has 0 aromatic heterocycles. The van der Waals surface area contributed by atoms with Crippen LogP contribution in [0, 0.1) is 0 Å². The van der Waals surface area contributed by atoms with Gasteiger partial charge in [-0.25, -0.2) is 0 Å². The number of nitrogens with one attached hydrogen (secondary N) is 2. The van der Waals surface area contributed by atoms with Crippen molar-refractivity contribution in [2.45, 2.75) is 25.9 Å². The van der Waals surface area contributed by atoms with Gasteiger partial charge in [0.25, 0.3) is 0 Å². The van der Waals surface area contributed by atoms with E-state index in [1.54, 1.807) is 24.1 Å². The third-order valence-electron chi connectivity index (χ3n) is 4.09. The minimum Gasteiger partial charge on any atom is -0.497 e. The van der Waals surface area contributed by atoms with Crippen molar-refractivity contribution in [2.24, 2.45) is 0 Å². The van der Waals surface area contributed by atoms with Gasteiger partial charge < -0.3 is 20.1 Å². The van der Waals surface area contributed by atoms with Gasteiger partial charge in [0.15, 0.2) is 0 Å². The zero-order valence-electron chi connectivity index (χ0n) is 14.9. The molecular formula is C18H27N3O4. The van der Waals surface area contributed by atoms with Crippen LogP contribution >= 0.6 is 0 Å². The topological polar surface area (TPSA) is 79.9 Å². The van der Waals surface area contributed by atoms with E-state index in [1.165, 1.54) is 0 Å². The smallest absolute Gasteiger partial charge is 0.238 e. The van der Waals surface area contributed by atoms with Crippen LogP contribution in [0.5, 0.6) is 5.75 Å². The molecule has 1 saturated heterocycles. The number of benzene rings is 1. The number of ether oxygens (including phenoxy) is 2. The number of amides is 2. The van der Waals surface area contributed by atoms with Crippen LogP contribution in [0.2, 0.25) is 0 Å². The highest BCUT2D eigenvalue weighted by molar-refractivity contribution is 5.92. The van der Waals surface area contributed by atoms with Gasteiger partial charge in [-0.15, -0.1) is 0 Å². The summed E-state index contributed by atoms with van der Waals surface area (Å²) >= 11 is 0. The lowest BCUT2D eigenvalue weighted by atomic mass is 10.2. The second-order valence-corrected chi connectivity index (χ2v) is 6.02. The van der Waals surface area contributed by atoms with Crippen molar-refractivity contribution in [1.29, 1.82) is 0 Å². The Labute approximate surface area is 148 Å². The van der Waals surface area contributed by atoms with Crippen LogP contribution in [0.15, 0.2) is 24.3 Å². The fourth-order valence-corrected chi connectivity index (χ4v) is 2.68. The molecule has 1 aromatic carbocycles. The highest BCUT2D eigenvalue weighted by atomic mass is 16.5. The average Bonchev–Trinajstić information content (AvgIpc) is 3.13. The maximum Gasteiger partial charge on any atom is 0.238 e. The molecule has 7 nitrogen and oxygen atoms in total. The molecule has 0 spiro atoms. The van der Waals surface area contributed by atoms with Crippen LogP contribution in [-0.2, 0) is 14.3 Å². The second kappa shape index (κ2) is 10.0. The number of carbonyl (C=O) groups is 2. The van der Waals surface area contributed by atoms with Crippen LogP contribution in [0.1, 0.15) is 19.8 Å². The second-order valence-electron chi connectivity index (χ2n) is 6.02. The number of methoxy groups -OCH3 is 1. The quantitative estimate of drug-likeness (QED) is 0.701. The van der Waals surface area contributed by atoms with E-state index in [4.69, 9.17) is 9.47 Å². The van der Waals surface area contributed by atoms with Crippen LogP contribution in [-0.4, -0.2) is 62.7 Å². The average molecular weight is 349 g/mol. The normalized spacial score (nSPS) is 16.7. The Morgan fingerprint density at radius 2 is 2.12 bits per heavy atom. The van der Waals surface area contributed by atoms with Crippen molar-refractivity contribution < 1.29 is 19.1 Å². The molecule has 2 N–H and O–H groups in total. The fourth-order valence-electron chi connectivity index (χ4n) is 2.68. The molecule has 0 radical (unpaired) electrons. The molecular weight excluding hydrogens is 322 g/mol. The highest BCUT2D eigenvalue weighted by Crippen LogP contribution is 2.16. The summed E-state index contributed by atoms with van der Waals surface area (Å²) in [6, 6.07) is 7.17. The van der Waals surface area contributed by atoms with Crippen LogP contribution < -0.4 is 15.4 Å². The van der Waals surface area contributed by atoms with Crippen molar-refractivity contribution in [3.63, 3.8) is 0 Å². The predicted octanol–water partition coefficient (Wildman–Crippen LogP) is 1.25. The number of likely N-dealkylation sites (N-methyl/N-ethyl adjacent to an activating group) is 1. The standard InChI is InChI=1S/C18H27N3O4/c1-3-21(12-17(22)19-11-16-8-5-9-25-16)13-18(23)20-14-6-4-7-15(10-14)24-2/h4,6-7,10,16H,3,5,8-9,11-13H2,1-2H3,(H,19,22)(H,20,23)/t16-/m1/s1. The summed E-state index contributed by atoms with van der Waals surface area (Å²) in [7, 11) is 1.58. The zero-order valence-corrected chi connectivity index (χ0v) is 14.9. The number of hydrogen-bond donors (Lipinski definition) is 2. The van der Waals surface area contributed by atoms with Crippen molar-refractivity contribution >= 4 is 17.5 Å². The molecule has 138 valence electrons. The lowest BCUT2D eigenvalue weighted by Gasteiger charge is -2.20. The summed E-state index contributed by atoms with van der Waals surface area (Å²) in [6.07, 6.45) is 2.16. The Hall–Kier alpha value is -2.12. The number of nitrogens with zero attached hydrogens (tertiary/aromatic N) is 1. The molecule has 1 aromatic rings. The highest BCUT2D eigenvalue weighted by Gasteiger charge is 2.18. The zero-order chi connectivity index (χ0) is 18.1. The van der Waals surface area contributed by atoms with Gasteiger partial charge in [-0.3, -0.25) is 14.5 Å². The summed E-state index contributed by atoms with van der Waals surface area (Å²) in [6.45, 7) is 4.18. The van der Waals surface area contributed by atoms with Gasteiger partial charge in [0.05, 0.1) is 26.3 Å². The van der Waals surface area contributed by atoms with Crippen molar-refractivity contribution in [2.75, 3.05) is 45.2 Å². The molecule has 1 heterocycles. The number of anilines is 1. The first-order valence-corrected chi connectivity index (χ1v) is 8.65. The van der Waals surface area contributed by atoms with E-state index in [0.29, 0.717) is 24.5 Å². The Morgan fingerprint density at radius 3 is 2.80 bits per heavy atom. The van der Waals surface area contributed by atoms with Crippen LogP contribution in [0.25, 0.3) is 0 Å². The lowest BCUT2D eigenvalue weighted by Crippen LogP contribution is -2.42. The molecule has 1 aliphatic rings. The van der Waals surface area contributed by atoms with Gasteiger partial charge in [-0.1, -0.05) is 13.0 Å². The van der Waals surface area contributed by atoms with E-state index < -0.39 is 0 Å². The minimum atomic E-state index is -0.165. The van der Waals surface area contributed by atoms with E-state index >= 15 is 0 Å². The Morgan fingerprint density at radius 1 is 1.32 bits per heavy atom. The van der Waals surface area contributed by atoms with Gasteiger partial charge in [-0.2, -0.15) is 0 Å². The fraction of sp³-hybridized carbons (Fsp3) is 0.556. The van der Waals surface area contributed by atoms with E-state index in [9.17, 15) is 9.59 Å². The van der Waals surface area contributed by atoms with E-state index in [0.717, 1.165) is 19.4 Å². The molecule has 2 amide bonds. The molecule has 0 bridgehead atoms. The molecule has 0 aliphatic carbocycles. The first-order valence-electron chi connectivity index (χ1n) is 8.65. The predicted molar refractivity (Wildman–Crippen MR) is 95.7 cm³/mol. The minimum absolute atomic E-state index is 0.0912. The van der Waals surface area contributed by atoms with Crippen molar-refractivity contribution in [1.82, 2.24) is 10.2 Å². The van der Waals surface area contributed by atoms with Gasteiger partial charge in [0, 0.05) is 24.9 Å². The number of hydrogen-bond acceptors (Lipinski definition) is 5. The summed E-state index contributed by atoms with van der Waals surface area (Å²) in [5, 5.41) is 5.69. The van der Waals surface area contributed by atoms with Crippen LogP contribution in [0.4, 0.5) is 5.69 Å². The van der Waals surface area contributed by atoms with Gasteiger partial charge in [0.1, 0.15) is 5.75 Å². The molecule has 7 heteroatoms. The maximum atomic E-state index is 12.2. The monoisotopic (exact) mass is 349 g/mol. The number of rotatable bonds is 9. The SMILES string of the molecule is CCN(CC(=O)NC[C@H]1CCCO1)CC(=O)Nc1cccc(OC)c1. The van der Waals surface area contributed by atoms with E-state index in [1.807, 2.05) is 19.1 Å². The Bertz CT molecular complexity index is 573. The van der Waals surface area contributed by atoms with E-state index in [-0.39, 0.29) is 31.0 Å². The summed E-state index contributed by atoms with van der Waals surface area (Å²) < 4.78 is 10.6. The Balaban J connectivity index is 1.75. The molecule has 1 aliphatic heterocycles. The summed E-state index contributed by atoms with van der Waals surface area (Å²) in [5.74, 6) is 0.423. The first-order chi connectivity index (χ1) is 12.1. The van der Waals surface area contributed by atoms with Gasteiger partial charge >= 0.3 is 0 Å². The summed E-state index contributed by atoms with van der Waals surface area (Å²) in [5.41, 5.74) is 0.670. The Kier molecular flexibility index (Phi) is 7.69. The van der Waals surface area contributed by atoms with Gasteiger partial charge in [0.2, 0.25) is 11.8 Å². The number of carbonyl (C=O) groups excluding carboxylic acids is 2. The third-order valence-corrected chi connectivity index (χ3v) is 4.09. The molecule has 1 fully saturated rings. The molecule has 2 rings (SSSR count). The third kappa shape index (κ3) is 6.72. The maximum absolute atomic E-state index is 12.2. The first kappa shape index (κ1) is 19.2. The van der Waals surface area contributed by atoms with Crippen molar-refractivity contribution in [3.8, 4) is 5.75 Å². The largest absolute Gasteiger partial charge is 0.497 e. The molecule has 0 unspecified atom stereocenters. The summed E-state index contributed by atoms with van der Waals surface area (Å²) in [4.78, 5) is 26.0.